The molecule has 0 bridgehead atoms. The Labute approximate surface area is 128 Å². The highest BCUT2D eigenvalue weighted by Gasteiger charge is 2.33. The summed E-state index contributed by atoms with van der Waals surface area (Å²) in [6.45, 7) is -1.00. The number of benzene rings is 1. The number of fused-ring (bicyclic) bond motifs is 1. The zero-order valence-electron chi connectivity index (χ0n) is 11.7. The van der Waals surface area contributed by atoms with E-state index in [0.29, 0.717) is 12.1 Å². The number of hydrogen-bond donors (Lipinski definition) is 1. The van der Waals surface area contributed by atoms with Crippen molar-refractivity contribution in [3.8, 4) is 5.75 Å². The van der Waals surface area contributed by atoms with E-state index in [2.05, 4.69) is 15.0 Å². The molecule has 6 heteroatoms. The van der Waals surface area contributed by atoms with Gasteiger partial charge in [0, 0.05) is 30.9 Å². The first kappa shape index (κ1) is 14.9. The first-order valence-electron chi connectivity index (χ1n) is 7.39. The first-order chi connectivity index (χ1) is 10.1. The van der Waals surface area contributed by atoms with Gasteiger partial charge in [-0.1, -0.05) is 24.4 Å². The molecular formula is C15H19ClF2N2O. The van der Waals surface area contributed by atoms with Crippen LogP contribution in [0.5, 0.6) is 5.75 Å². The largest absolute Gasteiger partial charge is 0.433 e. The Bertz CT molecular complexity index is 499. The molecule has 0 amide bonds. The molecule has 2 aliphatic rings. The third kappa shape index (κ3) is 3.24. The molecule has 1 aliphatic heterocycles. The quantitative estimate of drug-likeness (QED) is 0.921. The summed E-state index contributed by atoms with van der Waals surface area (Å²) in [4.78, 5) is 2.35. The predicted molar refractivity (Wildman–Crippen MR) is 79.5 cm³/mol. The van der Waals surface area contributed by atoms with Crippen molar-refractivity contribution in [2.75, 3.05) is 18.0 Å². The van der Waals surface area contributed by atoms with Gasteiger partial charge in [0.05, 0.1) is 5.02 Å². The molecule has 0 radical (unpaired) electrons. The SMILES string of the molecule is FC(F)Oc1ccc(N2CCN[C@H]3CCCC[C@@H]32)cc1Cl. The molecule has 1 saturated heterocycles. The van der Waals surface area contributed by atoms with E-state index in [1.54, 1.807) is 6.07 Å². The third-order valence-corrected chi connectivity index (χ3v) is 4.65. The van der Waals surface area contributed by atoms with Gasteiger partial charge >= 0.3 is 6.61 Å². The molecule has 1 saturated carbocycles. The van der Waals surface area contributed by atoms with Crippen LogP contribution in [-0.2, 0) is 0 Å². The molecule has 1 aromatic rings. The number of halogens is 3. The van der Waals surface area contributed by atoms with Crippen molar-refractivity contribution in [1.82, 2.24) is 5.32 Å². The smallest absolute Gasteiger partial charge is 0.387 e. The average Bonchev–Trinajstić information content (AvgIpc) is 2.48. The average molecular weight is 317 g/mol. The molecule has 2 atom stereocenters. The van der Waals surface area contributed by atoms with Gasteiger partial charge in [-0.2, -0.15) is 8.78 Å². The summed E-state index contributed by atoms with van der Waals surface area (Å²) in [7, 11) is 0. The van der Waals surface area contributed by atoms with Crippen LogP contribution in [0.2, 0.25) is 5.02 Å². The first-order valence-corrected chi connectivity index (χ1v) is 7.77. The van der Waals surface area contributed by atoms with E-state index >= 15 is 0 Å². The fourth-order valence-corrected chi connectivity index (χ4v) is 3.66. The zero-order chi connectivity index (χ0) is 14.8. The Morgan fingerprint density at radius 1 is 1.29 bits per heavy atom. The topological polar surface area (TPSA) is 24.5 Å². The molecule has 0 unspecified atom stereocenters. The molecule has 0 spiro atoms. The van der Waals surface area contributed by atoms with Crippen molar-refractivity contribution in [3.05, 3.63) is 23.2 Å². The standard InChI is InChI=1S/C15H19ClF2N2O/c16-11-9-10(5-6-14(11)21-15(17)18)20-8-7-19-12-3-1-2-4-13(12)20/h5-6,9,12-13,15,19H,1-4,7-8H2/t12-,13-/m0/s1. The lowest BCUT2D eigenvalue weighted by atomic mass is 9.87. The van der Waals surface area contributed by atoms with Crippen LogP contribution in [0.3, 0.4) is 0 Å². The molecule has 3 rings (SSSR count). The van der Waals surface area contributed by atoms with Crippen molar-refractivity contribution < 1.29 is 13.5 Å². The Kier molecular flexibility index (Phi) is 4.50. The summed E-state index contributed by atoms with van der Waals surface area (Å²) in [5, 5.41) is 3.81. The summed E-state index contributed by atoms with van der Waals surface area (Å²) in [5.41, 5.74) is 0.986. The van der Waals surface area contributed by atoms with E-state index in [1.807, 2.05) is 6.07 Å². The second-order valence-electron chi connectivity index (χ2n) is 5.60. The van der Waals surface area contributed by atoms with E-state index in [0.717, 1.165) is 25.2 Å². The van der Waals surface area contributed by atoms with Gasteiger partial charge < -0.3 is 15.0 Å². The number of nitrogens with one attached hydrogen (secondary N) is 1. The van der Waals surface area contributed by atoms with Gasteiger partial charge in [0.2, 0.25) is 0 Å². The van der Waals surface area contributed by atoms with Crippen LogP contribution in [0.4, 0.5) is 14.5 Å². The maximum Gasteiger partial charge on any atom is 0.387 e. The minimum absolute atomic E-state index is 0.0331. The van der Waals surface area contributed by atoms with E-state index < -0.39 is 6.61 Å². The van der Waals surface area contributed by atoms with Gasteiger partial charge in [-0.15, -0.1) is 0 Å². The second-order valence-corrected chi connectivity index (χ2v) is 6.01. The van der Waals surface area contributed by atoms with Crippen LogP contribution in [0.1, 0.15) is 25.7 Å². The lowest BCUT2D eigenvalue weighted by molar-refractivity contribution is -0.0497. The molecule has 1 aromatic carbocycles. The van der Waals surface area contributed by atoms with E-state index in [9.17, 15) is 8.78 Å². The number of rotatable bonds is 3. The van der Waals surface area contributed by atoms with E-state index in [4.69, 9.17) is 11.6 Å². The van der Waals surface area contributed by atoms with Crippen molar-refractivity contribution in [1.29, 1.82) is 0 Å². The molecule has 2 fully saturated rings. The van der Waals surface area contributed by atoms with Crippen LogP contribution < -0.4 is 15.0 Å². The minimum Gasteiger partial charge on any atom is -0.433 e. The Morgan fingerprint density at radius 3 is 2.86 bits per heavy atom. The predicted octanol–water partition coefficient (Wildman–Crippen LogP) is 3.66. The summed E-state index contributed by atoms with van der Waals surface area (Å²) in [5.74, 6) is 0.0331. The maximum absolute atomic E-state index is 12.3. The van der Waals surface area contributed by atoms with Gasteiger partial charge in [0.25, 0.3) is 0 Å². The number of alkyl halides is 2. The van der Waals surface area contributed by atoms with Gasteiger partial charge in [-0.3, -0.25) is 0 Å². The Balaban J connectivity index is 1.80. The van der Waals surface area contributed by atoms with Crippen LogP contribution in [-0.4, -0.2) is 31.8 Å². The minimum atomic E-state index is -2.85. The van der Waals surface area contributed by atoms with Crippen LogP contribution in [0.15, 0.2) is 18.2 Å². The maximum atomic E-state index is 12.3. The highest BCUT2D eigenvalue weighted by Crippen LogP contribution is 2.34. The fraction of sp³-hybridized carbons (Fsp3) is 0.600. The number of anilines is 1. The monoisotopic (exact) mass is 316 g/mol. The summed E-state index contributed by atoms with van der Waals surface area (Å²) in [6, 6.07) is 6.06. The summed E-state index contributed by atoms with van der Waals surface area (Å²) in [6.07, 6.45) is 4.86. The lowest BCUT2D eigenvalue weighted by Gasteiger charge is -2.46. The van der Waals surface area contributed by atoms with Gasteiger partial charge in [-0.25, -0.2) is 0 Å². The number of ether oxygens (including phenoxy) is 1. The molecular weight excluding hydrogens is 298 g/mol. The number of nitrogens with zero attached hydrogens (tertiary/aromatic N) is 1. The van der Waals surface area contributed by atoms with Crippen molar-refractivity contribution in [2.45, 2.75) is 44.4 Å². The Hall–Kier alpha value is -1.07. The van der Waals surface area contributed by atoms with Crippen molar-refractivity contribution in [2.24, 2.45) is 0 Å². The van der Waals surface area contributed by atoms with Crippen molar-refractivity contribution in [3.63, 3.8) is 0 Å². The van der Waals surface area contributed by atoms with Crippen molar-refractivity contribution >= 4 is 17.3 Å². The van der Waals surface area contributed by atoms with E-state index in [-0.39, 0.29) is 10.8 Å². The summed E-state index contributed by atoms with van der Waals surface area (Å²) >= 11 is 6.07. The van der Waals surface area contributed by atoms with Gasteiger partial charge in [-0.05, 0) is 31.0 Å². The molecule has 116 valence electrons. The van der Waals surface area contributed by atoms with Gasteiger partial charge in [0.15, 0.2) is 0 Å². The fourth-order valence-electron chi connectivity index (χ4n) is 3.44. The molecule has 0 aromatic heterocycles. The molecule has 1 N–H and O–H groups in total. The zero-order valence-corrected chi connectivity index (χ0v) is 12.5. The van der Waals surface area contributed by atoms with Crippen LogP contribution >= 0.6 is 11.6 Å². The highest BCUT2D eigenvalue weighted by molar-refractivity contribution is 6.32. The number of hydrogen-bond acceptors (Lipinski definition) is 3. The second kappa shape index (κ2) is 6.36. The van der Waals surface area contributed by atoms with Crippen LogP contribution in [0.25, 0.3) is 0 Å². The normalized spacial score (nSPS) is 25.8. The third-order valence-electron chi connectivity index (χ3n) is 4.35. The number of piperazine rings is 1. The molecule has 21 heavy (non-hydrogen) atoms. The van der Waals surface area contributed by atoms with E-state index in [1.165, 1.54) is 25.3 Å². The van der Waals surface area contributed by atoms with Gasteiger partial charge in [0.1, 0.15) is 5.75 Å². The lowest BCUT2D eigenvalue weighted by Crippen LogP contribution is -2.59. The summed E-state index contributed by atoms with van der Waals surface area (Å²) < 4.78 is 29.0. The molecule has 3 nitrogen and oxygen atoms in total. The molecule has 1 aliphatic carbocycles. The highest BCUT2D eigenvalue weighted by atomic mass is 35.5. The van der Waals surface area contributed by atoms with Crippen LogP contribution in [0, 0.1) is 0 Å². The Morgan fingerprint density at radius 2 is 2.10 bits per heavy atom. The molecule has 1 heterocycles.